The third kappa shape index (κ3) is 1.97. The van der Waals surface area contributed by atoms with Crippen LogP contribution in [0.15, 0.2) is 28.5 Å². The van der Waals surface area contributed by atoms with Crippen LogP contribution in [-0.4, -0.2) is 19.9 Å². The van der Waals surface area contributed by atoms with Gasteiger partial charge >= 0.3 is 0 Å². The number of nitrogens with two attached hydrogens (primary N) is 1. The zero-order chi connectivity index (χ0) is 11.8. The van der Waals surface area contributed by atoms with Gasteiger partial charge in [0.1, 0.15) is 0 Å². The molecule has 1 aliphatic heterocycles. The molecular weight excluding hydrogens is 242 g/mol. The van der Waals surface area contributed by atoms with Gasteiger partial charge in [-0.15, -0.1) is 0 Å². The molecule has 0 bridgehead atoms. The van der Waals surface area contributed by atoms with E-state index in [1.54, 1.807) is 23.9 Å². The summed E-state index contributed by atoms with van der Waals surface area (Å²) in [7, 11) is -3.26. The first-order chi connectivity index (χ1) is 7.54. The number of benzene rings is 1. The van der Waals surface area contributed by atoms with E-state index in [-0.39, 0.29) is 0 Å². The summed E-state index contributed by atoms with van der Waals surface area (Å²) in [5.74, 6) is 1.70. The highest BCUT2D eigenvalue weighted by molar-refractivity contribution is 8.00. The number of sulfone groups is 1. The molecule has 1 aliphatic rings. The second-order valence-electron chi connectivity index (χ2n) is 3.58. The first-order valence-corrected chi connectivity index (χ1v) is 7.68. The molecule has 86 valence electrons. The molecule has 0 atom stereocenters. The highest BCUT2D eigenvalue weighted by atomic mass is 32.2. The molecule has 1 heterocycles. The zero-order valence-electron chi connectivity index (χ0n) is 8.93. The van der Waals surface area contributed by atoms with Gasteiger partial charge < -0.3 is 5.73 Å². The number of fused-ring (bicyclic) bond motifs is 1. The molecule has 2 rings (SSSR count). The van der Waals surface area contributed by atoms with Crippen LogP contribution in [0.3, 0.4) is 0 Å². The summed E-state index contributed by atoms with van der Waals surface area (Å²) in [5, 5.41) is 1.36. The van der Waals surface area contributed by atoms with E-state index in [9.17, 15) is 8.42 Å². The van der Waals surface area contributed by atoms with Crippen molar-refractivity contribution in [2.45, 2.75) is 11.8 Å². The number of rotatable bonds is 3. The summed E-state index contributed by atoms with van der Waals surface area (Å²) >= 11 is 1.71. The van der Waals surface area contributed by atoms with Gasteiger partial charge in [0.15, 0.2) is 0 Å². The van der Waals surface area contributed by atoms with Gasteiger partial charge in [0, 0.05) is 16.8 Å². The molecule has 0 aliphatic carbocycles. The Balaban J connectivity index is 2.48. The summed E-state index contributed by atoms with van der Waals surface area (Å²) in [6.07, 6.45) is 0. The second kappa shape index (κ2) is 4.14. The van der Waals surface area contributed by atoms with Crippen LogP contribution in [0, 0.1) is 0 Å². The van der Waals surface area contributed by atoms with E-state index in [0.717, 1.165) is 22.6 Å². The van der Waals surface area contributed by atoms with E-state index in [1.807, 2.05) is 0 Å². The Hall–Kier alpha value is -0.940. The maximum atomic E-state index is 11.8. The minimum atomic E-state index is -3.26. The topological polar surface area (TPSA) is 60.2 Å². The first kappa shape index (κ1) is 11.5. The predicted molar refractivity (Wildman–Crippen MR) is 69.0 cm³/mol. The van der Waals surface area contributed by atoms with Gasteiger partial charge in [-0.25, -0.2) is 8.42 Å². The lowest BCUT2D eigenvalue weighted by Gasteiger charge is -2.04. The van der Waals surface area contributed by atoms with Gasteiger partial charge in [0.2, 0.25) is 9.84 Å². The van der Waals surface area contributed by atoms with Crippen LogP contribution in [0.5, 0.6) is 0 Å². The third-order valence-electron chi connectivity index (χ3n) is 2.42. The largest absolute Gasteiger partial charge is 0.399 e. The monoisotopic (exact) mass is 255 g/mol. The Kier molecular flexibility index (Phi) is 2.99. The minimum Gasteiger partial charge on any atom is -0.399 e. The number of anilines is 1. The quantitative estimate of drug-likeness (QED) is 0.841. The summed E-state index contributed by atoms with van der Waals surface area (Å²) in [6, 6.07) is 5.06. The highest BCUT2D eigenvalue weighted by Gasteiger charge is 2.26. The SMILES string of the molecule is CCSCC1=CS(=O)(=O)c2cc(N)ccc21. The van der Waals surface area contributed by atoms with Crippen molar-refractivity contribution in [1.82, 2.24) is 0 Å². The van der Waals surface area contributed by atoms with E-state index in [0.29, 0.717) is 10.6 Å². The molecule has 0 aromatic heterocycles. The van der Waals surface area contributed by atoms with Crippen molar-refractivity contribution in [3.63, 3.8) is 0 Å². The predicted octanol–water partition coefficient (Wildman–Crippen LogP) is 2.15. The summed E-state index contributed by atoms with van der Waals surface area (Å²) in [6.45, 7) is 2.05. The van der Waals surface area contributed by atoms with Crippen molar-refractivity contribution in [2.24, 2.45) is 0 Å². The lowest BCUT2D eigenvalue weighted by molar-refractivity contribution is 0.605. The van der Waals surface area contributed by atoms with Crippen LogP contribution in [0.1, 0.15) is 12.5 Å². The fourth-order valence-electron chi connectivity index (χ4n) is 1.68. The van der Waals surface area contributed by atoms with Crippen LogP contribution >= 0.6 is 11.8 Å². The molecular formula is C11H13NO2S2. The normalized spacial score (nSPS) is 16.9. The summed E-state index contributed by atoms with van der Waals surface area (Å²) in [4.78, 5) is 0.346. The smallest absolute Gasteiger partial charge is 0.200 e. The molecule has 0 unspecified atom stereocenters. The standard InChI is InChI=1S/C11H13NO2S2/c1-2-15-6-8-7-16(13,14)11-5-9(12)3-4-10(8)11/h3-5,7H,2,6,12H2,1H3. The first-order valence-electron chi connectivity index (χ1n) is 4.98. The van der Waals surface area contributed by atoms with Gasteiger partial charge in [-0.1, -0.05) is 13.0 Å². The van der Waals surface area contributed by atoms with Crippen LogP contribution < -0.4 is 5.73 Å². The Morgan fingerprint density at radius 2 is 2.12 bits per heavy atom. The lowest BCUT2D eigenvalue weighted by atomic mass is 10.1. The Morgan fingerprint density at radius 1 is 1.38 bits per heavy atom. The lowest BCUT2D eigenvalue weighted by Crippen LogP contribution is -1.95. The summed E-state index contributed by atoms with van der Waals surface area (Å²) < 4.78 is 23.7. The van der Waals surface area contributed by atoms with Gasteiger partial charge in [0.25, 0.3) is 0 Å². The van der Waals surface area contributed by atoms with Crippen molar-refractivity contribution in [3.05, 3.63) is 29.2 Å². The zero-order valence-corrected chi connectivity index (χ0v) is 10.6. The molecule has 1 aromatic rings. The van der Waals surface area contributed by atoms with Crippen molar-refractivity contribution < 1.29 is 8.42 Å². The molecule has 0 fully saturated rings. The Morgan fingerprint density at radius 3 is 2.81 bits per heavy atom. The van der Waals surface area contributed by atoms with Gasteiger partial charge in [0.05, 0.1) is 4.90 Å². The van der Waals surface area contributed by atoms with Crippen molar-refractivity contribution >= 4 is 32.9 Å². The van der Waals surface area contributed by atoms with Gasteiger partial charge in [-0.3, -0.25) is 0 Å². The maximum Gasteiger partial charge on any atom is 0.200 e. The molecule has 1 aromatic carbocycles. The fourth-order valence-corrected chi connectivity index (χ4v) is 3.96. The van der Waals surface area contributed by atoms with Crippen molar-refractivity contribution in [1.29, 1.82) is 0 Å². The number of nitrogen functional groups attached to an aromatic ring is 1. The molecule has 0 saturated heterocycles. The fraction of sp³-hybridized carbons (Fsp3) is 0.273. The van der Waals surface area contributed by atoms with E-state index >= 15 is 0 Å². The van der Waals surface area contributed by atoms with Crippen LogP contribution in [0.4, 0.5) is 5.69 Å². The Bertz CT molecular complexity index is 547. The van der Waals surface area contributed by atoms with E-state index in [4.69, 9.17) is 5.73 Å². The molecule has 2 N–H and O–H groups in total. The van der Waals surface area contributed by atoms with Gasteiger partial charge in [-0.05, 0) is 29.0 Å². The van der Waals surface area contributed by atoms with Crippen LogP contribution in [0.25, 0.3) is 5.57 Å². The summed E-state index contributed by atoms with van der Waals surface area (Å²) in [5.41, 5.74) is 7.77. The third-order valence-corrected chi connectivity index (χ3v) is 4.89. The molecule has 0 radical (unpaired) electrons. The van der Waals surface area contributed by atoms with E-state index in [1.165, 1.54) is 11.5 Å². The molecule has 3 nitrogen and oxygen atoms in total. The van der Waals surface area contributed by atoms with E-state index < -0.39 is 9.84 Å². The average molecular weight is 255 g/mol. The maximum absolute atomic E-state index is 11.8. The highest BCUT2D eigenvalue weighted by Crippen LogP contribution is 2.36. The molecule has 0 amide bonds. The second-order valence-corrected chi connectivity index (χ2v) is 6.62. The molecule has 5 heteroatoms. The Labute approximate surface area is 99.6 Å². The molecule has 0 spiro atoms. The number of thioether (sulfide) groups is 1. The molecule has 16 heavy (non-hydrogen) atoms. The van der Waals surface area contributed by atoms with Gasteiger partial charge in [-0.2, -0.15) is 11.8 Å². The van der Waals surface area contributed by atoms with E-state index in [2.05, 4.69) is 6.92 Å². The molecule has 0 saturated carbocycles. The average Bonchev–Trinajstić information content (AvgIpc) is 2.48. The number of hydrogen-bond donors (Lipinski definition) is 1. The van der Waals surface area contributed by atoms with Crippen molar-refractivity contribution in [2.75, 3.05) is 17.2 Å². The minimum absolute atomic E-state index is 0.346. The van der Waals surface area contributed by atoms with Crippen molar-refractivity contribution in [3.8, 4) is 0 Å². The number of hydrogen-bond acceptors (Lipinski definition) is 4. The van der Waals surface area contributed by atoms with Crippen LogP contribution in [0.2, 0.25) is 0 Å². The van der Waals surface area contributed by atoms with Crippen LogP contribution in [-0.2, 0) is 9.84 Å².